The van der Waals surface area contributed by atoms with Crippen molar-refractivity contribution in [2.45, 2.75) is 12.8 Å². The number of rotatable bonds is 9. The zero-order valence-electron chi connectivity index (χ0n) is 15.0. The summed E-state index contributed by atoms with van der Waals surface area (Å²) in [5.41, 5.74) is 0.971. The van der Waals surface area contributed by atoms with E-state index in [4.69, 9.17) is 16.3 Å². The number of hydrogen-bond acceptors (Lipinski definition) is 5. The molecule has 1 N–H and O–H groups in total. The number of alkyl halides is 1. The molecule has 1 aromatic carbocycles. The molecule has 1 aromatic rings. The third-order valence-corrected chi connectivity index (χ3v) is 6.42. The van der Waals surface area contributed by atoms with Gasteiger partial charge in [-0.2, -0.15) is 4.31 Å². The number of carbonyl (C=O) groups excluding carboxylic acids is 1. The van der Waals surface area contributed by atoms with E-state index < -0.39 is 10.0 Å². The van der Waals surface area contributed by atoms with Crippen molar-refractivity contribution in [3.05, 3.63) is 24.3 Å². The Kier molecular flexibility index (Phi) is 7.99. The van der Waals surface area contributed by atoms with E-state index in [1.807, 2.05) is 24.3 Å². The Balaban J connectivity index is 1.83. The Morgan fingerprint density at radius 1 is 1.23 bits per heavy atom. The predicted octanol–water partition coefficient (Wildman–Crippen LogP) is 1.28. The average Bonchev–Trinajstić information content (AvgIpc) is 2.66. The minimum Gasteiger partial charge on any atom is -0.495 e. The molecule has 9 heteroatoms. The van der Waals surface area contributed by atoms with Crippen LogP contribution in [0.25, 0.3) is 0 Å². The maximum absolute atomic E-state index is 12.5. The van der Waals surface area contributed by atoms with Crippen LogP contribution in [0.2, 0.25) is 0 Å². The molecule has 0 aliphatic carbocycles. The van der Waals surface area contributed by atoms with Gasteiger partial charge >= 0.3 is 0 Å². The number of amides is 1. The van der Waals surface area contributed by atoms with Gasteiger partial charge in [-0.05, 0) is 18.6 Å². The fraction of sp³-hybridized carbons (Fsp3) is 0.588. The van der Waals surface area contributed by atoms with Crippen LogP contribution in [0.4, 0.5) is 5.69 Å². The lowest BCUT2D eigenvalue weighted by Gasteiger charge is -2.36. The summed E-state index contributed by atoms with van der Waals surface area (Å²) in [5, 5.41) is 2.63. The smallest absolute Gasteiger partial charge is 0.220 e. The van der Waals surface area contributed by atoms with E-state index in [1.165, 1.54) is 4.31 Å². The fourth-order valence-corrected chi connectivity index (χ4v) is 4.33. The van der Waals surface area contributed by atoms with Gasteiger partial charge < -0.3 is 15.0 Å². The second-order valence-electron chi connectivity index (χ2n) is 6.02. The van der Waals surface area contributed by atoms with E-state index >= 15 is 0 Å². The second kappa shape index (κ2) is 9.99. The Bertz CT molecular complexity index is 691. The topological polar surface area (TPSA) is 79.0 Å². The summed E-state index contributed by atoms with van der Waals surface area (Å²) in [6.07, 6.45) is 0.909. The summed E-state index contributed by atoms with van der Waals surface area (Å²) in [5.74, 6) is 0.946. The minimum atomic E-state index is -3.39. The van der Waals surface area contributed by atoms with Crippen LogP contribution >= 0.6 is 11.6 Å². The summed E-state index contributed by atoms with van der Waals surface area (Å²) in [7, 11) is -1.76. The van der Waals surface area contributed by atoms with Gasteiger partial charge in [-0.15, -0.1) is 11.6 Å². The largest absolute Gasteiger partial charge is 0.495 e. The third-order valence-electron chi connectivity index (χ3n) is 4.28. The normalized spacial score (nSPS) is 15.7. The summed E-state index contributed by atoms with van der Waals surface area (Å²) >= 11 is 5.53. The number of anilines is 1. The number of nitrogens with zero attached hydrogens (tertiary/aromatic N) is 2. The number of piperazine rings is 1. The van der Waals surface area contributed by atoms with Gasteiger partial charge in [0.1, 0.15) is 5.75 Å². The standard InChI is InChI=1S/C17H26ClN3O4S/c1-25-16-6-3-2-5-15(16)20-10-12-21(13-11-20)26(23,24)14-9-19-17(22)7-4-8-18/h2-3,5-6H,4,7-14H2,1H3,(H,19,22). The highest BCUT2D eigenvalue weighted by Gasteiger charge is 2.27. The zero-order chi connectivity index (χ0) is 19.0. The van der Waals surface area contributed by atoms with Crippen molar-refractivity contribution < 1.29 is 17.9 Å². The monoisotopic (exact) mass is 403 g/mol. The van der Waals surface area contributed by atoms with Gasteiger partial charge in [0, 0.05) is 45.0 Å². The summed E-state index contributed by atoms with van der Waals surface area (Å²) < 4.78 is 31.8. The molecule has 0 unspecified atom stereocenters. The van der Waals surface area contributed by atoms with Gasteiger partial charge in [0.25, 0.3) is 0 Å². The number of ether oxygens (including phenoxy) is 1. The lowest BCUT2D eigenvalue weighted by atomic mass is 10.2. The Hall–Kier alpha value is -1.51. The molecule has 146 valence electrons. The molecule has 0 bridgehead atoms. The molecule has 1 saturated heterocycles. The minimum absolute atomic E-state index is 0.0890. The molecule has 0 atom stereocenters. The van der Waals surface area contributed by atoms with Gasteiger partial charge in [0.2, 0.25) is 15.9 Å². The van der Waals surface area contributed by atoms with Crippen LogP contribution in [-0.4, -0.2) is 70.1 Å². The van der Waals surface area contributed by atoms with E-state index in [1.54, 1.807) is 7.11 Å². The van der Waals surface area contributed by atoms with Crippen LogP contribution in [0.15, 0.2) is 24.3 Å². The Labute approximate surface area is 160 Å². The summed E-state index contributed by atoms with van der Waals surface area (Å²) in [6.45, 7) is 2.15. The zero-order valence-corrected chi connectivity index (χ0v) is 16.6. The maximum Gasteiger partial charge on any atom is 0.220 e. The van der Waals surface area contributed by atoms with Crippen LogP contribution in [-0.2, 0) is 14.8 Å². The van der Waals surface area contributed by atoms with Crippen LogP contribution in [0.1, 0.15) is 12.8 Å². The van der Waals surface area contributed by atoms with Crippen LogP contribution in [0, 0.1) is 0 Å². The number of methoxy groups -OCH3 is 1. The molecule has 26 heavy (non-hydrogen) atoms. The van der Waals surface area contributed by atoms with E-state index in [0.29, 0.717) is 44.9 Å². The van der Waals surface area contributed by atoms with Gasteiger partial charge in [0.15, 0.2) is 0 Å². The molecule has 0 spiro atoms. The number of sulfonamides is 1. The maximum atomic E-state index is 12.5. The molecular formula is C17H26ClN3O4S. The fourth-order valence-electron chi connectivity index (χ4n) is 2.86. The number of para-hydroxylation sites is 2. The number of hydrogen-bond donors (Lipinski definition) is 1. The summed E-state index contributed by atoms with van der Waals surface area (Å²) in [6, 6.07) is 7.71. The molecule has 1 fully saturated rings. The average molecular weight is 404 g/mol. The first-order valence-electron chi connectivity index (χ1n) is 8.66. The number of halogens is 1. The highest BCUT2D eigenvalue weighted by Crippen LogP contribution is 2.28. The third kappa shape index (κ3) is 5.75. The first kappa shape index (κ1) is 20.8. The molecule has 0 saturated carbocycles. The highest BCUT2D eigenvalue weighted by atomic mass is 35.5. The molecule has 1 aliphatic rings. The van der Waals surface area contributed by atoms with Crippen molar-refractivity contribution in [3.63, 3.8) is 0 Å². The van der Waals surface area contributed by atoms with Gasteiger partial charge in [-0.25, -0.2) is 8.42 Å². The molecule has 1 heterocycles. The lowest BCUT2D eigenvalue weighted by molar-refractivity contribution is -0.120. The van der Waals surface area contributed by atoms with Crippen molar-refractivity contribution in [1.29, 1.82) is 0 Å². The van der Waals surface area contributed by atoms with Crippen LogP contribution in [0.3, 0.4) is 0 Å². The SMILES string of the molecule is COc1ccccc1N1CCN(S(=O)(=O)CCNC(=O)CCCCl)CC1. The molecule has 2 rings (SSSR count). The van der Waals surface area contributed by atoms with E-state index in [2.05, 4.69) is 10.2 Å². The summed E-state index contributed by atoms with van der Waals surface area (Å²) in [4.78, 5) is 13.7. The van der Waals surface area contributed by atoms with Gasteiger partial charge in [-0.3, -0.25) is 4.79 Å². The van der Waals surface area contributed by atoms with Crippen molar-refractivity contribution in [1.82, 2.24) is 9.62 Å². The number of carbonyl (C=O) groups is 1. The number of nitrogens with one attached hydrogen (secondary N) is 1. The Morgan fingerprint density at radius 3 is 2.58 bits per heavy atom. The number of benzene rings is 1. The molecular weight excluding hydrogens is 378 g/mol. The van der Waals surface area contributed by atoms with Crippen molar-refractivity contribution in [2.24, 2.45) is 0 Å². The predicted molar refractivity (Wildman–Crippen MR) is 104 cm³/mol. The van der Waals surface area contributed by atoms with Crippen molar-refractivity contribution in [3.8, 4) is 5.75 Å². The molecule has 0 aromatic heterocycles. The molecule has 7 nitrogen and oxygen atoms in total. The highest BCUT2D eigenvalue weighted by molar-refractivity contribution is 7.89. The van der Waals surface area contributed by atoms with Gasteiger partial charge in [-0.1, -0.05) is 12.1 Å². The quantitative estimate of drug-likeness (QED) is 0.628. The Morgan fingerprint density at radius 2 is 1.92 bits per heavy atom. The van der Waals surface area contributed by atoms with E-state index in [-0.39, 0.29) is 18.2 Å². The van der Waals surface area contributed by atoms with Crippen LogP contribution in [0.5, 0.6) is 5.75 Å². The molecule has 0 radical (unpaired) electrons. The van der Waals surface area contributed by atoms with Gasteiger partial charge in [0.05, 0.1) is 18.6 Å². The molecule has 1 amide bonds. The van der Waals surface area contributed by atoms with Crippen molar-refractivity contribution in [2.75, 3.05) is 56.4 Å². The van der Waals surface area contributed by atoms with Crippen molar-refractivity contribution >= 4 is 33.2 Å². The lowest BCUT2D eigenvalue weighted by Crippen LogP contribution is -2.50. The van der Waals surface area contributed by atoms with E-state index in [0.717, 1.165) is 11.4 Å². The second-order valence-corrected chi connectivity index (χ2v) is 8.48. The molecule has 1 aliphatic heterocycles. The first-order valence-corrected chi connectivity index (χ1v) is 10.8. The van der Waals surface area contributed by atoms with Crippen LogP contribution < -0.4 is 15.0 Å². The first-order chi connectivity index (χ1) is 12.5. The van der Waals surface area contributed by atoms with E-state index in [9.17, 15) is 13.2 Å².